The minimum Gasteiger partial charge on any atom is -0.748 e. The molecule has 44 heavy (non-hydrogen) atoms. The molecular formula is C29H24F3O11S-. The normalized spacial score (nSPS) is 25.5. The molecule has 3 aliphatic heterocycles. The van der Waals surface area contributed by atoms with E-state index < -0.39 is 99.7 Å². The van der Waals surface area contributed by atoms with Gasteiger partial charge in [0, 0.05) is 5.56 Å². The molecule has 234 valence electrons. The third-order valence-electron chi connectivity index (χ3n) is 7.17. The summed E-state index contributed by atoms with van der Waals surface area (Å²) in [5.41, 5.74) is -2.33. The highest BCUT2D eigenvalue weighted by molar-refractivity contribution is 7.85. The second-order valence-electron chi connectivity index (χ2n) is 10.8. The fourth-order valence-corrected chi connectivity index (χ4v) is 5.57. The number of esters is 3. The number of hydrogen-bond donors (Lipinski definition) is 0. The Labute approximate surface area is 249 Å². The summed E-state index contributed by atoms with van der Waals surface area (Å²) in [7, 11) is -4.68. The second-order valence-corrected chi connectivity index (χ2v) is 12.3. The van der Waals surface area contributed by atoms with Crippen LogP contribution in [0.3, 0.4) is 0 Å². The van der Waals surface area contributed by atoms with Crippen LogP contribution >= 0.6 is 0 Å². The van der Waals surface area contributed by atoms with Gasteiger partial charge in [-0.3, -0.25) is 9.59 Å². The third-order valence-corrected chi connectivity index (χ3v) is 7.83. The lowest BCUT2D eigenvalue weighted by atomic mass is 9.78. The molecule has 0 aromatic heterocycles. The summed E-state index contributed by atoms with van der Waals surface area (Å²) in [6.45, 7) is 2.14. The molecule has 0 radical (unpaired) electrons. The summed E-state index contributed by atoms with van der Waals surface area (Å²) in [5, 5.41) is 0. The Morgan fingerprint density at radius 1 is 1.05 bits per heavy atom. The monoisotopic (exact) mass is 637 g/mol. The van der Waals surface area contributed by atoms with Gasteiger partial charge in [0.05, 0.1) is 27.0 Å². The molecular weight excluding hydrogens is 613 g/mol. The van der Waals surface area contributed by atoms with Gasteiger partial charge in [-0.25, -0.2) is 13.2 Å². The van der Waals surface area contributed by atoms with Crippen molar-refractivity contribution in [2.75, 3.05) is 12.4 Å². The lowest BCUT2D eigenvalue weighted by molar-refractivity contribution is -0.155. The molecule has 0 spiro atoms. The van der Waals surface area contributed by atoms with E-state index in [2.05, 4.69) is 11.8 Å². The molecule has 11 nitrogen and oxygen atoms in total. The largest absolute Gasteiger partial charge is 0.748 e. The average molecular weight is 638 g/mol. The maximum atomic E-state index is 13.9. The molecule has 5 rings (SSSR count). The molecule has 0 N–H and O–H groups in total. The highest BCUT2D eigenvalue weighted by Gasteiger charge is 2.72. The van der Waals surface area contributed by atoms with Gasteiger partial charge in [0.1, 0.15) is 36.4 Å². The predicted molar refractivity (Wildman–Crippen MR) is 140 cm³/mol. The van der Waals surface area contributed by atoms with Crippen molar-refractivity contribution in [3.63, 3.8) is 0 Å². The third kappa shape index (κ3) is 6.52. The number of carbonyl (C=O) groups is 3. The molecule has 0 saturated carbocycles. The van der Waals surface area contributed by atoms with E-state index in [-0.39, 0.29) is 5.56 Å². The fourth-order valence-electron chi connectivity index (χ4n) is 5.28. The Hall–Kier alpha value is -4.13. The molecule has 3 fully saturated rings. The first kappa shape index (κ1) is 31.3. The van der Waals surface area contributed by atoms with Crippen LogP contribution in [0.25, 0.3) is 0 Å². The molecule has 3 heterocycles. The number of halogens is 3. The van der Waals surface area contributed by atoms with Crippen LogP contribution in [-0.4, -0.2) is 73.3 Å². The van der Waals surface area contributed by atoms with Crippen LogP contribution < -0.4 is 4.74 Å². The summed E-state index contributed by atoms with van der Waals surface area (Å²) in [4.78, 5) is 38.4. The Bertz CT molecular complexity index is 1640. The minimum absolute atomic E-state index is 0.344. The highest BCUT2D eigenvalue weighted by atomic mass is 32.2. The van der Waals surface area contributed by atoms with Crippen LogP contribution in [0.5, 0.6) is 5.75 Å². The van der Waals surface area contributed by atoms with Gasteiger partial charge in [-0.2, -0.15) is 13.2 Å². The van der Waals surface area contributed by atoms with E-state index >= 15 is 0 Å². The zero-order chi connectivity index (χ0) is 32.0. The van der Waals surface area contributed by atoms with E-state index in [9.17, 15) is 40.5 Å². The minimum atomic E-state index is -4.84. The number of rotatable bonds is 8. The quantitative estimate of drug-likeness (QED) is 0.181. The molecule has 3 aliphatic rings. The van der Waals surface area contributed by atoms with Crippen molar-refractivity contribution >= 4 is 28.0 Å². The van der Waals surface area contributed by atoms with Crippen molar-refractivity contribution < 1.29 is 64.2 Å². The lowest BCUT2D eigenvalue weighted by Crippen LogP contribution is -2.48. The molecule has 2 bridgehead atoms. The molecule has 15 heteroatoms. The zero-order valence-electron chi connectivity index (χ0n) is 23.0. The van der Waals surface area contributed by atoms with Crippen molar-refractivity contribution in [3.05, 3.63) is 65.2 Å². The Morgan fingerprint density at radius 3 is 2.41 bits per heavy atom. The number of alkyl halides is 3. The molecule has 3 saturated heterocycles. The summed E-state index contributed by atoms with van der Waals surface area (Å²) < 4.78 is 101. The molecule has 6 unspecified atom stereocenters. The SMILES string of the molecule is CC(C)(C#Cc1ccccc1)Oc1cc(C(=O)OC2C3OC(=O)C4C3OC2C4C(=O)OCCS(=O)(=O)[O-])ccc1C(F)(F)F. The first-order valence-electron chi connectivity index (χ1n) is 13.2. The van der Waals surface area contributed by atoms with Gasteiger partial charge in [-0.1, -0.05) is 30.0 Å². The fraction of sp³-hybridized carbons (Fsp3) is 0.414. The van der Waals surface area contributed by atoms with Crippen LogP contribution in [0.1, 0.15) is 35.3 Å². The van der Waals surface area contributed by atoms with Gasteiger partial charge in [0.25, 0.3) is 0 Å². The van der Waals surface area contributed by atoms with E-state index in [4.69, 9.17) is 23.7 Å². The Kier molecular flexibility index (Phi) is 8.12. The van der Waals surface area contributed by atoms with Crippen LogP contribution in [-0.2, 0) is 44.8 Å². The first-order valence-corrected chi connectivity index (χ1v) is 14.8. The van der Waals surface area contributed by atoms with Gasteiger partial charge in [0.15, 0.2) is 17.8 Å². The van der Waals surface area contributed by atoms with E-state index in [1.165, 1.54) is 13.8 Å². The van der Waals surface area contributed by atoms with Gasteiger partial charge < -0.3 is 28.2 Å². The second kappa shape index (κ2) is 11.4. The van der Waals surface area contributed by atoms with Gasteiger partial charge in [-0.05, 0) is 44.2 Å². The standard InChI is InChI=1S/C29H25F3O11S/c1-28(2,11-10-15-6-4-3-5-7-15)43-18-14-16(8-9-17(18)29(30,31)32)25(33)41-23-21-19(26(34)39-12-13-44(36,37)38)20-22(40-21)24(23)42-27(20)35/h3-9,14,19-24H,12-13H2,1-2H3,(H,36,37,38)/p-1. The van der Waals surface area contributed by atoms with Crippen LogP contribution in [0, 0.1) is 23.7 Å². The smallest absolute Gasteiger partial charge is 0.419 e. The van der Waals surface area contributed by atoms with Crippen molar-refractivity contribution in [2.45, 2.75) is 50.0 Å². The maximum Gasteiger partial charge on any atom is 0.419 e. The van der Waals surface area contributed by atoms with E-state index in [0.717, 1.165) is 12.1 Å². The van der Waals surface area contributed by atoms with E-state index in [1.807, 2.05) is 0 Å². The summed E-state index contributed by atoms with van der Waals surface area (Å²) >= 11 is 0. The molecule has 0 amide bonds. The Morgan fingerprint density at radius 2 is 1.75 bits per heavy atom. The van der Waals surface area contributed by atoms with Crippen LogP contribution in [0.4, 0.5) is 13.2 Å². The summed E-state index contributed by atoms with van der Waals surface area (Å²) in [6, 6.07) is 11.1. The van der Waals surface area contributed by atoms with Crippen molar-refractivity contribution in [1.82, 2.24) is 0 Å². The van der Waals surface area contributed by atoms with Crippen LogP contribution in [0.15, 0.2) is 48.5 Å². The van der Waals surface area contributed by atoms with Crippen molar-refractivity contribution in [3.8, 4) is 17.6 Å². The molecule has 0 aliphatic carbocycles. The number of carbonyl (C=O) groups excluding carboxylic acids is 3. The van der Waals surface area contributed by atoms with Gasteiger partial charge in [-0.15, -0.1) is 0 Å². The van der Waals surface area contributed by atoms with Gasteiger partial charge >= 0.3 is 24.1 Å². The van der Waals surface area contributed by atoms with Crippen molar-refractivity contribution in [2.24, 2.45) is 11.8 Å². The predicted octanol–water partition coefficient (Wildman–Crippen LogP) is 2.47. The van der Waals surface area contributed by atoms with Crippen LogP contribution in [0.2, 0.25) is 0 Å². The van der Waals surface area contributed by atoms with E-state index in [1.54, 1.807) is 30.3 Å². The lowest BCUT2D eigenvalue weighted by Gasteiger charge is -2.27. The maximum absolute atomic E-state index is 13.9. The zero-order valence-corrected chi connectivity index (χ0v) is 23.8. The molecule has 2 aromatic carbocycles. The first-order chi connectivity index (χ1) is 20.5. The number of fused-ring (bicyclic) bond motifs is 1. The van der Waals surface area contributed by atoms with E-state index in [0.29, 0.717) is 11.6 Å². The topological polar surface area (TPSA) is 155 Å². The number of benzene rings is 2. The highest BCUT2D eigenvalue weighted by Crippen LogP contribution is 2.51. The Balaban J connectivity index is 1.36. The number of hydrogen-bond acceptors (Lipinski definition) is 11. The van der Waals surface area contributed by atoms with Crippen molar-refractivity contribution in [1.29, 1.82) is 0 Å². The van der Waals surface area contributed by atoms with Gasteiger partial charge in [0.2, 0.25) is 0 Å². The summed E-state index contributed by atoms with van der Waals surface area (Å²) in [5.74, 6) is -1.55. The number of ether oxygens (including phenoxy) is 5. The molecule has 6 atom stereocenters. The molecule has 2 aromatic rings. The average Bonchev–Trinajstić information content (AvgIpc) is 3.55. The summed E-state index contributed by atoms with van der Waals surface area (Å²) in [6.07, 6.45) is -9.49.